The highest BCUT2D eigenvalue weighted by atomic mass is 16.4. The Hall–Kier alpha value is -3.47. The molecule has 0 saturated carbocycles. The molecule has 2 rings (SSSR count). The number of rotatable bonds is 5. The van der Waals surface area contributed by atoms with Crippen molar-refractivity contribution in [3.8, 4) is 0 Å². The molecule has 0 aliphatic heterocycles. The number of hydrogen-bond donors (Lipinski definition) is 2. The van der Waals surface area contributed by atoms with Gasteiger partial charge in [-0.05, 0) is 28.8 Å². The molecule has 5 nitrogen and oxygen atoms in total. The van der Waals surface area contributed by atoms with Crippen LogP contribution in [0.15, 0.2) is 56.1 Å². The number of carbonyl (C=O) groups is 2. The Bertz CT molecular complexity index is 717. The number of aromatic carboxylic acids is 2. The van der Waals surface area contributed by atoms with Crippen molar-refractivity contribution in [2.45, 2.75) is 0 Å². The van der Waals surface area contributed by atoms with E-state index in [4.69, 9.17) is 10.2 Å². The lowest BCUT2D eigenvalue weighted by Crippen LogP contribution is -2.07. The molecule has 2 aromatic rings. The van der Waals surface area contributed by atoms with Gasteiger partial charge in [-0.15, -0.1) is 0 Å². The lowest BCUT2D eigenvalue weighted by Gasteiger charge is -1.99. The minimum Gasteiger partial charge on any atom is -0.477 e. The predicted molar refractivity (Wildman–Crippen MR) is 94.9 cm³/mol. The molecule has 5 heteroatoms. The molecule has 2 N–H and O–H groups in total. The summed E-state index contributed by atoms with van der Waals surface area (Å²) in [7, 11) is 0. The fourth-order valence-electron chi connectivity index (χ4n) is 1.66. The Balaban J connectivity index is 0.000000254. The molecule has 0 bridgehead atoms. The molecule has 0 spiro atoms. The quantitative estimate of drug-likeness (QED) is 0.865. The van der Waals surface area contributed by atoms with E-state index in [1.807, 2.05) is 36.4 Å². The van der Waals surface area contributed by atoms with Gasteiger partial charge in [-0.25, -0.2) is 14.6 Å². The molecule has 1 heterocycles. The van der Waals surface area contributed by atoms with Crippen LogP contribution in [0.2, 0.25) is 0 Å². The fourth-order valence-corrected chi connectivity index (χ4v) is 1.66. The highest BCUT2D eigenvalue weighted by Gasteiger charge is 2.11. The van der Waals surface area contributed by atoms with Gasteiger partial charge in [-0.2, -0.15) is 0 Å². The monoisotopic (exact) mass is 323 g/mol. The van der Waals surface area contributed by atoms with Gasteiger partial charge in [-0.1, -0.05) is 62.2 Å². The van der Waals surface area contributed by atoms with Crippen molar-refractivity contribution in [3.05, 3.63) is 84.2 Å². The van der Waals surface area contributed by atoms with Gasteiger partial charge >= 0.3 is 11.9 Å². The van der Waals surface area contributed by atoms with Crippen molar-refractivity contribution >= 4 is 30.2 Å². The molecular weight excluding hydrogens is 306 g/mol. The molecule has 1 aromatic carbocycles. The molecule has 1 aromatic heterocycles. The summed E-state index contributed by atoms with van der Waals surface area (Å²) in [6.45, 7) is 10.7. The van der Waals surface area contributed by atoms with Crippen molar-refractivity contribution in [2.24, 2.45) is 0 Å². The van der Waals surface area contributed by atoms with Crippen molar-refractivity contribution in [1.29, 1.82) is 0 Å². The second-order valence-corrected chi connectivity index (χ2v) is 4.56. The summed E-state index contributed by atoms with van der Waals surface area (Å²) >= 11 is 0. The van der Waals surface area contributed by atoms with Crippen LogP contribution in [0, 0.1) is 0 Å². The molecule has 24 heavy (non-hydrogen) atoms. The zero-order valence-electron chi connectivity index (χ0n) is 13.0. The Labute approximate surface area is 139 Å². The van der Waals surface area contributed by atoms with Crippen LogP contribution in [-0.4, -0.2) is 27.1 Å². The van der Waals surface area contributed by atoms with Gasteiger partial charge in [0.15, 0.2) is 0 Å². The van der Waals surface area contributed by atoms with E-state index in [0.29, 0.717) is 5.56 Å². The fraction of sp³-hybridized carbons (Fsp3) is 0. The average Bonchev–Trinajstić information content (AvgIpc) is 2.61. The Morgan fingerprint density at radius 2 is 1.08 bits per heavy atom. The van der Waals surface area contributed by atoms with E-state index in [0.717, 1.165) is 11.1 Å². The second kappa shape index (κ2) is 8.85. The predicted octanol–water partition coefficient (Wildman–Crippen LogP) is 4.09. The molecular formula is C19H17NO4. The van der Waals surface area contributed by atoms with Crippen LogP contribution in [0.25, 0.3) is 18.2 Å². The molecule has 0 aliphatic carbocycles. The highest BCUT2D eigenvalue weighted by Crippen LogP contribution is 2.08. The maximum absolute atomic E-state index is 10.6. The average molecular weight is 323 g/mol. The van der Waals surface area contributed by atoms with Crippen molar-refractivity contribution < 1.29 is 19.8 Å². The van der Waals surface area contributed by atoms with Gasteiger partial charge in [0.05, 0.1) is 0 Å². The first-order valence-corrected chi connectivity index (χ1v) is 6.87. The Morgan fingerprint density at radius 1 is 0.750 bits per heavy atom. The molecule has 0 saturated heterocycles. The van der Waals surface area contributed by atoms with Crippen LogP contribution < -0.4 is 0 Å². The second-order valence-electron chi connectivity index (χ2n) is 4.56. The van der Waals surface area contributed by atoms with E-state index < -0.39 is 11.9 Å². The number of benzene rings is 1. The SMILES string of the molecule is C=Cc1cc(C(=O)O)nc(C(=O)O)c1.C=Cc1ccc(C=C)cc1. The first-order valence-electron chi connectivity index (χ1n) is 6.87. The van der Waals surface area contributed by atoms with E-state index in [1.54, 1.807) is 0 Å². The van der Waals surface area contributed by atoms with Crippen LogP contribution in [0.4, 0.5) is 0 Å². The van der Waals surface area contributed by atoms with Crippen LogP contribution >= 0.6 is 0 Å². The Kier molecular flexibility index (Phi) is 6.85. The van der Waals surface area contributed by atoms with E-state index in [9.17, 15) is 9.59 Å². The minimum absolute atomic E-state index is 0.306. The van der Waals surface area contributed by atoms with Crippen LogP contribution in [0.1, 0.15) is 37.7 Å². The van der Waals surface area contributed by atoms with Gasteiger partial charge in [-0.3, -0.25) is 0 Å². The number of hydrogen-bond acceptors (Lipinski definition) is 3. The number of pyridine rings is 1. The maximum Gasteiger partial charge on any atom is 0.354 e. The molecule has 0 amide bonds. The standard InChI is InChI=1S/C10H10.C9H7NO4/c1-3-9-5-7-10(4-2)8-6-9;1-2-5-3-6(8(11)12)10-7(4-5)9(13)14/h3-8H,1-2H2;2-4H,1H2,(H,11,12)(H,13,14). The molecule has 0 fully saturated rings. The third-order valence-corrected chi connectivity index (χ3v) is 2.93. The summed E-state index contributed by atoms with van der Waals surface area (Å²) in [4.78, 5) is 24.5. The summed E-state index contributed by atoms with van der Waals surface area (Å²) in [6.07, 6.45) is 5.01. The number of aromatic nitrogens is 1. The third kappa shape index (κ3) is 5.38. The minimum atomic E-state index is -1.27. The lowest BCUT2D eigenvalue weighted by atomic mass is 10.1. The normalized spacial score (nSPS) is 9.17. The molecule has 122 valence electrons. The Morgan fingerprint density at radius 3 is 1.33 bits per heavy atom. The number of nitrogens with zero attached hydrogens (tertiary/aromatic N) is 1. The van der Waals surface area contributed by atoms with Crippen molar-refractivity contribution in [3.63, 3.8) is 0 Å². The van der Waals surface area contributed by atoms with Gasteiger partial charge in [0.25, 0.3) is 0 Å². The van der Waals surface area contributed by atoms with E-state index in [-0.39, 0.29) is 11.4 Å². The van der Waals surface area contributed by atoms with Gasteiger partial charge in [0, 0.05) is 0 Å². The van der Waals surface area contributed by atoms with Gasteiger partial charge in [0.2, 0.25) is 0 Å². The summed E-state index contributed by atoms with van der Waals surface area (Å²) in [5.41, 5.74) is 2.09. The maximum atomic E-state index is 10.6. The first-order chi connectivity index (χ1) is 11.4. The summed E-state index contributed by atoms with van der Waals surface area (Å²) in [5.74, 6) is -2.53. The zero-order valence-corrected chi connectivity index (χ0v) is 13.0. The topological polar surface area (TPSA) is 87.5 Å². The van der Waals surface area contributed by atoms with E-state index >= 15 is 0 Å². The first kappa shape index (κ1) is 18.6. The zero-order chi connectivity index (χ0) is 18.1. The van der Waals surface area contributed by atoms with Crippen molar-refractivity contribution in [2.75, 3.05) is 0 Å². The molecule has 0 aliphatic rings. The number of carboxylic acids is 2. The van der Waals surface area contributed by atoms with Crippen LogP contribution in [0.3, 0.4) is 0 Å². The molecule has 0 radical (unpaired) electrons. The lowest BCUT2D eigenvalue weighted by molar-refractivity contribution is 0.0685. The van der Waals surface area contributed by atoms with Crippen LogP contribution in [-0.2, 0) is 0 Å². The highest BCUT2D eigenvalue weighted by molar-refractivity contribution is 5.90. The molecule has 0 atom stereocenters. The van der Waals surface area contributed by atoms with Gasteiger partial charge < -0.3 is 10.2 Å². The summed E-state index contributed by atoms with van der Waals surface area (Å²) in [6, 6.07) is 10.6. The van der Waals surface area contributed by atoms with Gasteiger partial charge in [0.1, 0.15) is 11.4 Å². The number of carboxylic acid groups (broad SMARTS) is 2. The summed E-state index contributed by atoms with van der Waals surface area (Å²) in [5, 5.41) is 17.2. The summed E-state index contributed by atoms with van der Waals surface area (Å²) < 4.78 is 0. The van der Waals surface area contributed by atoms with Crippen LogP contribution in [0.5, 0.6) is 0 Å². The molecule has 0 unspecified atom stereocenters. The van der Waals surface area contributed by atoms with E-state index in [2.05, 4.69) is 24.7 Å². The largest absolute Gasteiger partial charge is 0.477 e. The van der Waals surface area contributed by atoms with Crippen molar-refractivity contribution in [1.82, 2.24) is 4.98 Å². The smallest absolute Gasteiger partial charge is 0.354 e. The third-order valence-electron chi connectivity index (χ3n) is 2.93. The van der Waals surface area contributed by atoms with E-state index in [1.165, 1.54) is 18.2 Å².